The van der Waals surface area contributed by atoms with Crippen molar-refractivity contribution in [3.8, 4) is 5.75 Å². The Hall–Kier alpha value is -5.13. The molecular weight excluding hydrogens is 727 g/mol. The summed E-state index contributed by atoms with van der Waals surface area (Å²) in [6.07, 6.45) is 5.02. The van der Waals surface area contributed by atoms with Gasteiger partial charge in [-0.2, -0.15) is 0 Å². The Labute approximate surface area is 336 Å². The first-order valence-corrected chi connectivity index (χ1v) is 21.8. The summed E-state index contributed by atoms with van der Waals surface area (Å²) < 4.78 is 14.0. The maximum atomic E-state index is 13.8. The van der Waals surface area contributed by atoms with Crippen LogP contribution >= 0.6 is 0 Å². The minimum Gasteiger partial charge on any atom is -0.507 e. The van der Waals surface area contributed by atoms with Crippen molar-refractivity contribution in [3.05, 3.63) is 144 Å². The fourth-order valence-corrected chi connectivity index (χ4v) is 14.3. The number of pyridine rings is 1. The lowest BCUT2D eigenvalue weighted by atomic mass is 9.58. The van der Waals surface area contributed by atoms with Gasteiger partial charge in [0.05, 0.1) is 30.2 Å². The molecule has 2 N–H and O–H groups in total. The molecule has 2 aliphatic heterocycles. The molecule has 290 valence electrons. The Balaban J connectivity index is 1.22. The van der Waals surface area contributed by atoms with Crippen LogP contribution in [-0.4, -0.2) is 67.0 Å². The third-order valence-corrected chi connectivity index (χ3v) is 17.3. The Morgan fingerprint density at radius 2 is 1.53 bits per heavy atom. The first-order valence-electron chi connectivity index (χ1n) is 19.9. The number of carbonyl (C=O) groups excluding carboxylic acids is 2. The predicted molar refractivity (Wildman–Crippen MR) is 228 cm³/mol. The zero-order valence-electron chi connectivity index (χ0n) is 33.0. The minimum atomic E-state index is -2.98. The average Bonchev–Trinajstić information content (AvgIpc) is 3.44. The number of phenols is 1. The summed E-state index contributed by atoms with van der Waals surface area (Å²) in [7, 11) is -2.50. The standard InChI is InChI=1S/C47H49BN2O6Si/c1-47(2,3)57(34-15-7-5-8-16-34,35-17-9-6-10-18-35)55-30-33-28-38-44(46(53)50(4)45(38)52)39-29-48(54)56-42(43(33)39)25-23-32(40-21-13-14-26-49-40)27-31-22-24-41(51)37-20-12-11-19-36(31)37/h5-22,24,26-27,38-39,42,44,51,54H,23,25,28-30H2,1-4H3/b32-27-/t38-,39+,42-,44-/m1/s1. The van der Waals surface area contributed by atoms with Crippen LogP contribution in [0, 0.1) is 17.8 Å². The zero-order chi connectivity index (χ0) is 39.9. The molecule has 3 heterocycles. The molecule has 4 atom stereocenters. The van der Waals surface area contributed by atoms with E-state index in [0.717, 1.165) is 49.1 Å². The molecule has 1 aliphatic carbocycles. The van der Waals surface area contributed by atoms with Gasteiger partial charge in [0.1, 0.15) is 5.75 Å². The summed E-state index contributed by atoms with van der Waals surface area (Å²) in [6, 6.07) is 38.2. The molecular formula is C47H49BN2O6Si. The molecule has 3 aliphatic rings. The van der Waals surface area contributed by atoms with Gasteiger partial charge in [0.25, 0.3) is 8.32 Å². The van der Waals surface area contributed by atoms with Gasteiger partial charge in [-0.15, -0.1) is 0 Å². The number of likely N-dealkylation sites (tertiary alicyclic amines) is 1. The second-order valence-electron chi connectivity index (χ2n) is 16.6. The summed E-state index contributed by atoms with van der Waals surface area (Å²) in [5.74, 6) is -1.61. The molecule has 0 radical (unpaired) electrons. The Bertz CT molecular complexity index is 2310. The highest BCUT2D eigenvalue weighted by molar-refractivity contribution is 6.99. The van der Waals surface area contributed by atoms with Crippen molar-refractivity contribution in [3.63, 3.8) is 0 Å². The van der Waals surface area contributed by atoms with E-state index in [1.54, 1.807) is 19.3 Å². The zero-order valence-corrected chi connectivity index (χ0v) is 34.0. The third-order valence-electron chi connectivity index (χ3n) is 12.3. The quantitative estimate of drug-likeness (QED) is 0.0874. The monoisotopic (exact) mass is 776 g/mol. The summed E-state index contributed by atoms with van der Waals surface area (Å²) in [6.45, 7) is 7.01. The predicted octanol–water partition coefficient (Wildman–Crippen LogP) is 7.26. The van der Waals surface area contributed by atoms with Crippen molar-refractivity contribution < 1.29 is 28.8 Å². The molecule has 2 saturated heterocycles. The molecule has 2 amide bonds. The normalized spacial score (nSPS) is 21.6. The second kappa shape index (κ2) is 15.7. The Morgan fingerprint density at radius 3 is 2.18 bits per heavy atom. The molecule has 57 heavy (non-hydrogen) atoms. The van der Waals surface area contributed by atoms with Gasteiger partial charge in [-0.3, -0.25) is 19.5 Å². The van der Waals surface area contributed by atoms with Gasteiger partial charge in [0.2, 0.25) is 11.8 Å². The fraction of sp³-hybridized carbons (Fsp3) is 0.298. The van der Waals surface area contributed by atoms with E-state index >= 15 is 0 Å². The van der Waals surface area contributed by atoms with Gasteiger partial charge in [0.15, 0.2) is 0 Å². The summed E-state index contributed by atoms with van der Waals surface area (Å²) in [4.78, 5) is 33.6. The first-order chi connectivity index (χ1) is 27.5. The number of aromatic hydroxyl groups is 1. The Kier molecular flexibility index (Phi) is 10.6. The maximum Gasteiger partial charge on any atom is 0.455 e. The molecule has 0 bridgehead atoms. The molecule has 8 nitrogen and oxygen atoms in total. The summed E-state index contributed by atoms with van der Waals surface area (Å²) in [5, 5.41) is 25.7. The van der Waals surface area contributed by atoms with Crippen molar-refractivity contribution in [2.45, 2.75) is 57.5 Å². The van der Waals surface area contributed by atoms with Gasteiger partial charge < -0.3 is 19.2 Å². The molecule has 2 fully saturated rings. The van der Waals surface area contributed by atoms with Gasteiger partial charge in [-0.1, -0.05) is 118 Å². The number of imide groups is 1. The van der Waals surface area contributed by atoms with E-state index in [4.69, 9.17) is 14.1 Å². The summed E-state index contributed by atoms with van der Waals surface area (Å²) >= 11 is 0. The lowest BCUT2D eigenvalue weighted by Gasteiger charge is -2.46. The van der Waals surface area contributed by atoms with Gasteiger partial charge in [-0.25, -0.2) is 0 Å². The second-order valence-corrected chi connectivity index (χ2v) is 21.0. The van der Waals surface area contributed by atoms with Crippen molar-refractivity contribution in [2.24, 2.45) is 17.8 Å². The topological polar surface area (TPSA) is 109 Å². The molecule has 4 aromatic carbocycles. The number of fused-ring (bicyclic) bond motifs is 4. The van der Waals surface area contributed by atoms with Crippen LogP contribution in [0.4, 0.5) is 0 Å². The van der Waals surface area contributed by atoms with Gasteiger partial charge in [-0.05, 0) is 98.9 Å². The highest BCUT2D eigenvalue weighted by atomic mass is 28.4. The van der Waals surface area contributed by atoms with E-state index < -0.39 is 33.4 Å². The maximum absolute atomic E-state index is 13.8. The molecule has 10 heteroatoms. The lowest BCUT2D eigenvalue weighted by Crippen LogP contribution is -2.66. The number of hydrogen-bond donors (Lipinski definition) is 2. The smallest absolute Gasteiger partial charge is 0.455 e. The number of carbonyl (C=O) groups is 2. The van der Waals surface area contributed by atoms with E-state index in [1.165, 1.54) is 4.90 Å². The van der Waals surface area contributed by atoms with Gasteiger partial charge >= 0.3 is 7.12 Å². The third kappa shape index (κ3) is 7.09. The number of nitrogens with zero attached hydrogens (tertiary/aromatic N) is 2. The van der Waals surface area contributed by atoms with Crippen LogP contribution in [0.25, 0.3) is 22.4 Å². The summed E-state index contributed by atoms with van der Waals surface area (Å²) in [5.41, 5.74) is 4.69. The molecule has 0 unspecified atom stereocenters. The highest BCUT2D eigenvalue weighted by Gasteiger charge is 2.57. The SMILES string of the molecule is CN1C(=O)[C@@H]2[C@@H](CC(CO[Si](c3ccccc3)(c3ccccc3)C(C)(C)C)=C3[C@@H](CC/C(=C/c4ccc(O)c5ccccc45)c4ccccn4)OB(O)C[C@@H]32)C1=O. The molecule has 1 aromatic heterocycles. The van der Waals surface area contributed by atoms with Crippen molar-refractivity contribution in [1.82, 2.24) is 9.88 Å². The number of benzene rings is 4. The van der Waals surface area contributed by atoms with Crippen molar-refractivity contribution in [2.75, 3.05) is 13.7 Å². The van der Waals surface area contributed by atoms with E-state index in [2.05, 4.69) is 75.4 Å². The van der Waals surface area contributed by atoms with Gasteiger partial charge in [0, 0.05) is 18.6 Å². The number of hydrogen-bond acceptors (Lipinski definition) is 7. The van der Waals surface area contributed by atoms with Crippen LogP contribution in [0.1, 0.15) is 51.3 Å². The van der Waals surface area contributed by atoms with Crippen LogP contribution in [0.5, 0.6) is 5.75 Å². The van der Waals surface area contributed by atoms with E-state index in [-0.39, 0.29) is 41.4 Å². The Morgan fingerprint density at radius 1 is 0.877 bits per heavy atom. The average molecular weight is 777 g/mol. The number of rotatable bonds is 10. The molecule has 8 rings (SSSR count). The van der Waals surface area contributed by atoms with Crippen molar-refractivity contribution in [1.29, 1.82) is 0 Å². The minimum absolute atomic E-state index is 0.175. The largest absolute Gasteiger partial charge is 0.507 e. The fourth-order valence-electron chi connectivity index (χ4n) is 9.74. The molecule has 0 spiro atoms. The number of allylic oxidation sites excluding steroid dienone is 1. The molecule has 0 saturated carbocycles. The van der Waals surface area contributed by atoms with E-state index in [9.17, 15) is 19.7 Å². The van der Waals surface area contributed by atoms with Crippen LogP contribution in [0.3, 0.4) is 0 Å². The van der Waals surface area contributed by atoms with Crippen LogP contribution in [0.15, 0.2) is 133 Å². The van der Waals surface area contributed by atoms with E-state index in [1.807, 2.05) is 60.7 Å². The number of phenolic OH excluding ortho intramolecular Hbond substituents is 1. The first kappa shape index (κ1) is 38.7. The number of aromatic nitrogens is 1. The van der Waals surface area contributed by atoms with E-state index in [0.29, 0.717) is 19.3 Å². The van der Waals surface area contributed by atoms with Crippen LogP contribution in [0.2, 0.25) is 11.4 Å². The number of amides is 2. The lowest BCUT2D eigenvalue weighted by molar-refractivity contribution is -0.138. The van der Waals surface area contributed by atoms with Crippen molar-refractivity contribution >= 4 is 60.0 Å². The van der Waals surface area contributed by atoms with Crippen LogP contribution < -0.4 is 10.4 Å². The highest BCUT2D eigenvalue weighted by Crippen LogP contribution is 2.51. The molecule has 5 aromatic rings. The van der Waals surface area contributed by atoms with Crippen LogP contribution in [-0.2, 0) is 18.7 Å².